The van der Waals surface area contributed by atoms with E-state index in [1.807, 2.05) is 54.6 Å². The van der Waals surface area contributed by atoms with Gasteiger partial charge in [0.2, 0.25) is 0 Å². The first-order chi connectivity index (χ1) is 9.80. The minimum Gasteiger partial charge on any atom is -0.497 e. The quantitative estimate of drug-likeness (QED) is 0.849. The summed E-state index contributed by atoms with van der Waals surface area (Å²) in [5, 5.41) is 19.1. The number of hydrogen-bond donors (Lipinski definition) is 2. The first-order valence-corrected chi connectivity index (χ1v) is 6.70. The van der Waals surface area contributed by atoms with Crippen molar-refractivity contribution in [1.82, 2.24) is 0 Å². The van der Waals surface area contributed by atoms with Gasteiger partial charge in [0, 0.05) is 25.0 Å². The third-order valence-electron chi connectivity index (χ3n) is 3.55. The molecule has 0 heterocycles. The Morgan fingerprint density at radius 1 is 0.900 bits per heavy atom. The first-order valence-electron chi connectivity index (χ1n) is 6.70. The number of rotatable bonds is 6. The highest BCUT2D eigenvalue weighted by molar-refractivity contribution is 5.38. The van der Waals surface area contributed by atoms with Crippen LogP contribution in [0.4, 0.5) is 0 Å². The van der Waals surface area contributed by atoms with Crippen LogP contribution in [0.3, 0.4) is 0 Å². The second-order valence-corrected chi connectivity index (χ2v) is 4.79. The molecule has 3 nitrogen and oxygen atoms in total. The molecule has 1 atom stereocenters. The summed E-state index contributed by atoms with van der Waals surface area (Å²) in [4.78, 5) is 0. The molecule has 1 unspecified atom stereocenters. The molecule has 0 radical (unpaired) electrons. The smallest absolute Gasteiger partial charge is 0.119 e. The third-order valence-corrected chi connectivity index (χ3v) is 3.55. The van der Waals surface area contributed by atoms with E-state index in [0.29, 0.717) is 0 Å². The number of aliphatic hydroxyl groups is 2. The molecule has 2 aromatic rings. The summed E-state index contributed by atoms with van der Waals surface area (Å²) in [5.74, 6) is 0.490. The average Bonchev–Trinajstić information content (AvgIpc) is 2.53. The lowest BCUT2D eigenvalue weighted by Gasteiger charge is -2.25. The van der Waals surface area contributed by atoms with Crippen LogP contribution in [0.2, 0.25) is 0 Å². The van der Waals surface area contributed by atoms with Gasteiger partial charge in [-0.25, -0.2) is 0 Å². The van der Waals surface area contributed by atoms with Gasteiger partial charge in [0.15, 0.2) is 0 Å². The van der Waals surface area contributed by atoms with E-state index >= 15 is 0 Å². The molecule has 0 spiro atoms. The summed E-state index contributed by atoms with van der Waals surface area (Å²) in [7, 11) is 1.63. The van der Waals surface area contributed by atoms with Gasteiger partial charge in [-0.1, -0.05) is 42.5 Å². The van der Waals surface area contributed by atoms with Gasteiger partial charge in [0.05, 0.1) is 7.11 Å². The van der Waals surface area contributed by atoms with Crippen molar-refractivity contribution in [2.24, 2.45) is 5.92 Å². The lowest BCUT2D eigenvalue weighted by Crippen LogP contribution is -2.21. The van der Waals surface area contributed by atoms with Gasteiger partial charge in [-0.3, -0.25) is 0 Å². The lowest BCUT2D eigenvalue weighted by atomic mass is 9.81. The van der Waals surface area contributed by atoms with E-state index in [1.165, 1.54) is 0 Å². The second-order valence-electron chi connectivity index (χ2n) is 4.79. The largest absolute Gasteiger partial charge is 0.497 e. The fraction of sp³-hybridized carbons (Fsp3) is 0.294. The molecule has 0 aromatic heterocycles. The van der Waals surface area contributed by atoms with Gasteiger partial charge in [-0.2, -0.15) is 0 Å². The van der Waals surface area contributed by atoms with E-state index in [1.54, 1.807) is 7.11 Å². The topological polar surface area (TPSA) is 49.7 Å². The Labute approximate surface area is 119 Å². The Kier molecular flexibility index (Phi) is 5.16. The van der Waals surface area contributed by atoms with Gasteiger partial charge in [0.1, 0.15) is 5.75 Å². The van der Waals surface area contributed by atoms with Gasteiger partial charge in [0.25, 0.3) is 0 Å². The Hall–Kier alpha value is -1.84. The van der Waals surface area contributed by atoms with Gasteiger partial charge >= 0.3 is 0 Å². The molecule has 0 aliphatic heterocycles. The number of methoxy groups -OCH3 is 1. The molecule has 0 aliphatic rings. The van der Waals surface area contributed by atoms with Crippen molar-refractivity contribution in [3.8, 4) is 5.75 Å². The van der Waals surface area contributed by atoms with Gasteiger partial charge < -0.3 is 14.9 Å². The molecule has 0 saturated heterocycles. The maximum Gasteiger partial charge on any atom is 0.119 e. The maximum absolute atomic E-state index is 9.55. The summed E-state index contributed by atoms with van der Waals surface area (Å²) in [6.45, 7) is -0.124. The zero-order valence-corrected chi connectivity index (χ0v) is 11.6. The zero-order valence-electron chi connectivity index (χ0n) is 11.6. The molecule has 0 aliphatic carbocycles. The van der Waals surface area contributed by atoms with E-state index in [-0.39, 0.29) is 25.0 Å². The fourth-order valence-electron chi connectivity index (χ4n) is 2.50. The fourth-order valence-corrected chi connectivity index (χ4v) is 2.50. The minimum absolute atomic E-state index is 0.0544. The Balaban J connectivity index is 2.45. The van der Waals surface area contributed by atoms with Crippen LogP contribution in [0.15, 0.2) is 54.6 Å². The zero-order chi connectivity index (χ0) is 14.4. The molecule has 3 heteroatoms. The summed E-state index contributed by atoms with van der Waals surface area (Å²) < 4.78 is 5.26. The van der Waals surface area contributed by atoms with Crippen LogP contribution in [-0.2, 0) is 0 Å². The third kappa shape index (κ3) is 3.18. The summed E-state index contributed by atoms with van der Waals surface area (Å²) in [5.41, 5.74) is 2.11. The van der Waals surface area contributed by atoms with Crippen LogP contribution in [0, 0.1) is 5.92 Å². The van der Waals surface area contributed by atoms with Crippen molar-refractivity contribution in [3.63, 3.8) is 0 Å². The molecular weight excluding hydrogens is 252 g/mol. The molecule has 106 valence electrons. The van der Waals surface area contributed by atoms with Crippen LogP contribution in [0.5, 0.6) is 5.75 Å². The number of hydrogen-bond acceptors (Lipinski definition) is 3. The van der Waals surface area contributed by atoms with Crippen molar-refractivity contribution in [1.29, 1.82) is 0 Å². The van der Waals surface area contributed by atoms with Crippen LogP contribution in [0.25, 0.3) is 0 Å². The summed E-state index contributed by atoms with van der Waals surface area (Å²) >= 11 is 0. The number of aliphatic hydroxyl groups excluding tert-OH is 2. The lowest BCUT2D eigenvalue weighted by molar-refractivity contribution is 0.138. The molecule has 0 fully saturated rings. The SMILES string of the molecule is COc1cccc(C(c2ccccc2)C(CO)CO)c1. The van der Waals surface area contributed by atoms with Crippen molar-refractivity contribution >= 4 is 0 Å². The molecule has 2 N–H and O–H groups in total. The molecule has 0 saturated carbocycles. The van der Waals surface area contributed by atoms with E-state index in [4.69, 9.17) is 4.74 Å². The highest BCUT2D eigenvalue weighted by atomic mass is 16.5. The molecule has 20 heavy (non-hydrogen) atoms. The highest BCUT2D eigenvalue weighted by Crippen LogP contribution is 2.33. The second kappa shape index (κ2) is 7.08. The standard InChI is InChI=1S/C17H20O3/c1-20-16-9-5-8-14(10-16)17(15(11-18)12-19)13-6-3-2-4-7-13/h2-10,15,17-19H,11-12H2,1H3. The predicted octanol–water partition coefficient (Wildman–Crippen LogP) is 2.43. The van der Waals surface area contributed by atoms with Gasteiger partial charge in [-0.05, 0) is 23.3 Å². The van der Waals surface area contributed by atoms with Crippen molar-refractivity contribution < 1.29 is 14.9 Å². The number of benzene rings is 2. The Morgan fingerprint density at radius 3 is 2.15 bits per heavy atom. The first kappa shape index (κ1) is 14.6. The van der Waals surface area contributed by atoms with Crippen molar-refractivity contribution in [2.45, 2.75) is 5.92 Å². The van der Waals surface area contributed by atoms with E-state index in [2.05, 4.69) is 0 Å². The van der Waals surface area contributed by atoms with E-state index in [0.717, 1.165) is 16.9 Å². The van der Waals surface area contributed by atoms with Gasteiger partial charge in [-0.15, -0.1) is 0 Å². The molecule has 2 rings (SSSR count). The minimum atomic E-state index is -0.232. The van der Waals surface area contributed by atoms with Crippen LogP contribution >= 0.6 is 0 Å². The molecule has 0 bridgehead atoms. The highest BCUT2D eigenvalue weighted by Gasteiger charge is 2.24. The van der Waals surface area contributed by atoms with Crippen molar-refractivity contribution in [3.05, 3.63) is 65.7 Å². The van der Waals surface area contributed by atoms with E-state index in [9.17, 15) is 10.2 Å². The number of ether oxygens (including phenoxy) is 1. The van der Waals surface area contributed by atoms with E-state index < -0.39 is 0 Å². The molecular formula is C17H20O3. The molecule has 2 aromatic carbocycles. The maximum atomic E-state index is 9.55. The Morgan fingerprint density at radius 2 is 1.55 bits per heavy atom. The van der Waals surface area contributed by atoms with Crippen molar-refractivity contribution in [2.75, 3.05) is 20.3 Å². The van der Waals surface area contributed by atoms with Crippen LogP contribution in [0.1, 0.15) is 17.0 Å². The summed E-state index contributed by atoms with van der Waals surface area (Å²) in [6.07, 6.45) is 0. The Bertz CT molecular complexity index is 521. The normalized spacial score (nSPS) is 12.4. The summed E-state index contributed by atoms with van der Waals surface area (Å²) in [6, 6.07) is 17.7. The molecule has 0 amide bonds. The monoisotopic (exact) mass is 272 g/mol. The average molecular weight is 272 g/mol. The van der Waals surface area contributed by atoms with Crippen LogP contribution < -0.4 is 4.74 Å². The predicted molar refractivity (Wildman–Crippen MR) is 78.9 cm³/mol. The van der Waals surface area contributed by atoms with Crippen LogP contribution in [-0.4, -0.2) is 30.5 Å².